The molecule has 1 aromatic carbocycles. The molecule has 8 heteroatoms. The molecule has 1 atom stereocenters. The van der Waals surface area contributed by atoms with Crippen LogP contribution in [0.15, 0.2) is 23.1 Å². The molecule has 0 fully saturated rings. The SMILES string of the molecule is COc1ccc(Cl)c(S(=O)(=O)N[C@H](C)C(=O)O)c1. The molecule has 0 saturated heterocycles. The number of rotatable bonds is 5. The second-order valence-corrected chi connectivity index (χ2v) is 5.57. The highest BCUT2D eigenvalue weighted by molar-refractivity contribution is 7.89. The Kier molecular flexibility index (Phi) is 4.55. The molecule has 1 aromatic rings. The molecule has 0 aromatic heterocycles. The summed E-state index contributed by atoms with van der Waals surface area (Å²) in [5, 5.41) is 8.66. The fraction of sp³-hybridized carbons (Fsp3) is 0.300. The van der Waals surface area contributed by atoms with Gasteiger partial charge >= 0.3 is 5.97 Å². The Morgan fingerprint density at radius 1 is 1.50 bits per heavy atom. The third-order valence-electron chi connectivity index (χ3n) is 2.13. The molecule has 0 unspecified atom stereocenters. The van der Waals surface area contributed by atoms with Crippen LogP contribution in [0.4, 0.5) is 0 Å². The van der Waals surface area contributed by atoms with E-state index in [0.29, 0.717) is 5.75 Å². The number of hydrogen-bond donors (Lipinski definition) is 2. The quantitative estimate of drug-likeness (QED) is 0.848. The van der Waals surface area contributed by atoms with E-state index in [1.165, 1.54) is 32.2 Å². The van der Waals surface area contributed by atoms with Crippen molar-refractivity contribution in [3.05, 3.63) is 23.2 Å². The van der Waals surface area contributed by atoms with Crippen molar-refractivity contribution < 1.29 is 23.1 Å². The van der Waals surface area contributed by atoms with Crippen LogP contribution >= 0.6 is 11.6 Å². The van der Waals surface area contributed by atoms with Crippen LogP contribution in [-0.2, 0) is 14.8 Å². The minimum atomic E-state index is -4.01. The molecular weight excluding hydrogens is 282 g/mol. The topological polar surface area (TPSA) is 92.7 Å². The van der Waals surface area contributed by atoms with E-state index in [9.17, 15) is 13.2 Å². The van der Waals surface area contributed by atoms with Gasteiger partial charge in [0, 0.05) is 6.07 Å². The number of carboxylic acid groups (broad SMARTS) is 1. The first-order valence-electron chi connectivity index (χ1n) is 4.86. The normalized spacial score (nSPS) is 13.1. The number of nitrogens with one attached hydrogen (secondary N) is 1. The van der Waals surface area contributed by atoms with Crippen molar-refractivity contribution in [3.63, 3.8) is 0 Å². The predicted molar refractivity (Wildman–Crippen MR) is 65.4 cm³/mol. The largest absolute Gasteiger partial charge is 0.497 e. The average Bonchev–Trinajstić information content (AvgIpc) is 2.28. The Morgan fingerprint density at radius 3 is 2.61 bits per heavy atom. The van der Waals surface area contributed by atoms with Crippen molar-refractivity contribution in [2.75, 3.05) is 7.11 Å². The van der Waals surface area contributed by atoms with Gasteiger partial charge in [-0.1, -0.05) is 11.6 Å². The van der Waals surface area contributed by atoms with Gasteiger partial charge < -0.3 is 9.84 Å². The number of sulfonamides is 1. The summed E-state index contributed by atoms with van der Waals surface area (Å²) in [5.41, 5.74) is 0. The van der Waals surface area contributed by atoms with Crippen molar-refractivity contribution in [1.29, 1.82) is 0 Å². The Bertz CT molecular complexity index is 557. The van der Waals surface area contributed by atoms with Gasteiger partial charge in [0.15, 0.2) is 0 Å². The van der Waals surface area contributed by atoms with Gasteiger partial charge in [0.1, 0.15) is 16.7 Å². The summed E-state index contributed by atoms with van der Waals surface area (Å²) in [4.78, 5) is 10.4. The molecule has 18 heavy (non-hydrogen) atoms. The number of aliphatic carboxylic acids is 1. The van der Waals surface area contributed by atoms with Crippen LogP contribution in [0.3, 0.4) is 0 Å². The van der Waals surface area contributed by atoms with Crippen LogP contribution in [0.5, 0.6) is 5.75 Å². The highest BCUT2D eigenvalue weighted by atomic mass is 35.5. The maximum absolute atomic E-state index is 11.9. The average molecular weight is 294 g/mol. The second kappa shape index (κ2) is 5.55. The lowest BCUT2D eigenvalue weighted by Gasteiger charge is -2.12. The molecule has 6 nitrogen and oxygen atoms in total. The molecule has 0 bridgehead atoms. The Labute approximate surface area is 110 Å². The number of carbonyl (C=O) groups is 1. The van der Waals surface area contributed by atoms with Crippen molar-refractivity contribution in [2.24, 2.45) is 0 Å². The van der Waals surface area contributed by atoms with E-state index in [-0.39, 0.29) is 9.92 Å². The first kappa shape index (κ1) is 14.7. The van der Waals surface area contributed by atoms with Crippen molar-refractivity contribution in [3.8, 4) is 5.75 Å². The zero-order valence-electron chi connectivity index (χ0n) is 9.68. The maximum Gasteiger partial charge on any atom is 0.321 e. The molecule has 0 aliphatic rings. The molecule has 0 aliphatic carbocycles. The number of hydrogen-bond acceptors (Lipinski definition) is 4. The molecular formula is C10H12ClNO5S. The van der Waals surface area contributed by atoms with Crippen LogP contribution in [0.1, 0.15) is 6.92 Å². The van der Waals surface area contributed by atoms with Crippen molar-refractivity contribution >= 4 is 27.6 Å². The minimum absolute atomic E-state index is 0.0131. The van der Waals surface area contributed by atoms with Gasteiger partial charge in [-0.15, -0.1) is 0 Å². The van der Waals surface area contributed by atoms with Crippen LogP contribution in [-0.4, -0.2) is 32.6 Å². The summed E-state index contributed by atoms with van der Waals surface area (Å²) in [5.74, 6) is -0.972. The molecule has 0 aliphatic heterocycles. The van der Waals surface area contributed by atoms with Gasteiger partial charge in [-0.25, -0.2) is 8.42 Å². The Morgan fingerprint density at radius 2 is 2.11 bits per heavy atom. The van der Waals surface area contributed by atoms with Crippen molar-refractivity contribution in [2.45, 2.75) is 17.9 Å². The monoisotopic (exact) mass is 293 g/mol. The number of carboxylic acids is 1. The molecule has 100 valence electrons. The van der Waals surface area contributed by atoms with Crippen LogP contribution < -0.4 is 9.46 Å². The third-order valence-corrected chi connectivity index (χ3v) is 4.15. The zero-order valence-corrected chi connectivity index (χ0v) is 11.2. The summed E-state index contributed by atoms with van der Waals surface area (Å²) in [6, 6.07) is 2.83. The number of benzene rings is 1. The molecule has 0 amide bonds. The highest BCUT2D eigenvalue weighted by Gasteiger charge is 2.24. The standard InChI is InChI=1S/C10H12ClNO5S/c1-6(10(13)14)12-18(15,16)9-5-7(17-2)3-4-8(9)11/h3-6,12H,1-2H3,(H,13,14)/t6-/m1/s1. The number of methoxy groups -OCH3 is 1. The smallest absolute Gasteiger partial charge is 0.321 e. The lowest BCUT2D eigenvalue weighted by Crippen LogP contribution is -2.38. The van der Waals surface area contributed by atoms with E-state index in [1.807, 2.05) is 4.72 Å². The van der Waals surface area contributed by atoms with Gasteiger partial charge in [-0.3, -0.25) is 4.79 Å². The van der Waals surface area contributed by atoms with Gasteiger partial charge in [0.2, 0.25) is 10.0 Å². The first-order chi connectivity index (χ1) is 8.27. The van der Waals surface area contributed by atoms with E-state index in [0.717, 1.165) is 0 Å². The van der Waals surface area contributed by atoms with Crippen LogP contribution in [0.25, 0.3) is 0 Å². The summed E-state index contributed by atoms with van der Waals surface area (Å²) >= 11 is 5.78. The third kappa shape index (κ3) is 3.34. The summed E-state index contributed by atoms with van der Waals surface area (Å²) in [6.07, 6.45) is 0. The molecule has 0 saturated carbocycles. The second-order valence-electron chi connectivity index (χ2n) is 3.48. The molecule has 2 N–H and O–H groups in total. The lowest BCUT2D eigenvalue weighted by molar-refractivity contribution is -0.138. The van der Waals surface area contributed by atoms with Gasteiger partial charge in [-0.05, 0) is 19.1 Å². The number of halogens is 1. The minimum Gasteiger partial charge on any atom is -0.497 e. The summed E-state index contributed by atoms with van der Waals surface area (Å²) in [7, 11) is -2.63. The fourth-order valence-corrected chi connectivity index (χ4v) is 2.87. The van der Waals surface area contributed by atoms with E-state index >= 15 is 0 Å². The first-order valence-corrected chi connectivity index (χ1v) is 6.72. The highest BCUT2D eigenvalue weighted by Crippen LogP contribution is 2.26. The molecule has 1 rings (SSSR count). The fourth-order valence-electron chi connectivity index (χ4n) is 1.16. The summed E-state index contributed by atoms with van der Waals surface area (Å²) in [6.45, 7) is 1.22. The van der Waals surface area contributed by atoms with Crippen molar-refractivity contribution in [1.82, 2.24) is 4.72 Å². The van der Waals surface area contributed by atoms with Gasteiger partial charge in [0.25, 0.3) is 0 Å². The maximum atomic E-state index is 11.9. The van der Waals surface area contributed by atoms with Crippen LogP contribution in [0, 0.1) is 0 Å². The van der Waals surface area contributed by atoms with E-state index in [4.69, 9.17) is 21.4 Å². The van der Waals surface area contributed by atoms with E-state index in [2.05, 4.69) is 0 Å². The van der Waals surface area contributed by atoms with E-state index < -0.39 is 22.0 Å². The Hall–Kier alpha value is -1.31. The predicted octanol–water partition coefficient (Wildman–Crippen LogP) is 1.10. The van der Waals surface area contributed by atoms with Crippen LogP contribution in [0.2, 0.25) is 5.02 Å². The molecule has 0 spiro atoms. The summed E-state index contributed by atoms with van der Waals surface area (Å²) < 4.78 is 30.7. The Balaban J connectivity index is 3.16. The van der Waals surface area contributed by atoms with Gasteiger partial charge in [-0.2, -0.15) is 4.72 Å². The number of ether oxygens (including phenoxy) is 1. The molecule has 0 radical (unpaired) electrons. The molecule has 0 heterocycles. The van der Waals surface area contributed by atoms with Gasteiger partial charge in [0.05, 0.1) is 12.1 Å². The lowest BCUT2D eigenvalue weighted by atomic mass is 10.3. The van der Waals surface area contributed by atoms with E-state index in [1.54, 1.807) is 0 Å². The zero-order chi connectivity index (χ0) is 13.9.